The van der Waals surface area contributed by atoms with E-state index in [4.69, 9.17) is 6.42 Å². The van der Waals surface area contributed by atoms with Gasteiger partial charge in [0.15, 0.2) is 0 Å². The van der Waals surface area contributed by atoms with Crippen LogP contribution < -0.4 is 0 Å². The quantitative estimate of drug-likeness (QED) is 0.652. The van der Waals surface area contributed by atoms with Crippen LogP contribution in [-0.4, -0.2) is 10.7 Å². The Morgan fingerprint density at radius 1 is 1.42 bits per heavy atom. The highest BCUT2D eigenvalue weighted by Gasteiger charge is 2.16. The van der Waals surface area contributed by atoms with Crippen LogP contribution in [0.25, 0.3) is 0 Å². The molecule has 1 unspecified atom stereocenters. The topological polar surface area (TPSA) is 20.2 Å². The molecule has 0 radical (unpaired) electrons. The lowest BCUT2D eigenvalue weighted by molar-refractivity contribution is 0.123. The Hall–Kier alpha value is -1.26. The van der Waals surface area contributed by atoms with Crippen molar-refractivity contribution < 1.29 is 5.11 Å². The summed E-state index contributed by atoms with van der Waals surface area (Å²) in [7, 11) is 0. The molecule has 0 saturated heterocycles. The van der Waals surface area contributed by atoms with Crippen molar-refractivity contribution in [2.45, 2.75) is 18.9 Å². The van der Waals surface area contributed by atoms with Crippen molar-refractivity contribution in [1.82, 2.24) is 0 Å². The maximum atomic E-state index is 9.54. The summed E-state index contributed by atoms with van der Waals surface area (Å²) >= 11 is 0. The van der Waals surface area contributed by atoms with E-state index in [0.717, 1.165) is 5.56 Å². The molecule has 1 nitrogen and oxygen atoms in total. The second kappa shape index (κ2) is 3.42. The molecule has 0 spiro atoms. The number of benzene rings is 1. The zero-order chi connectivity index (χ0) is 9.03. The van der Waals surface area contributed by atoms with E-state index in [2.05, 4.69) is 5.92 Å². The van der Waals surface area contributed by atoms with E-state index >= 15 is 0 Å². The predicted octanol–water partition coefficient (Wildman–Crippen LogP) is 1.61. The van der Waals surface area contributed by atoms with Crippen LogP contribution >= 0.6 is 0 Å². The van der Waals surface area contributed by atoms with Gasteiger partial charge in [-0.2, -0.15) is 0 Å². The molecule has 0 aliphatic rings. The van der Waals surface area contributed by atoms with Crippen LogP contribution in [-0.2, 0) is 6.42 Å². The molecule has 1 aromatic carbocycles. The summed E-state index contributed by atoms with van der Waals surface area (Å²) in [5.74, 6) is 2.35. The molecular formula is C11H12O. The Morgan fingerprint density at radius 3 is 2.50 bits per heavy atom. The van der Waals surface area contributed by atoms with E-state index in [1.807, 2.05) is 30.3 Å². The summed E-state index contributed by atoms with van der Waals surface area (Å²) in [6.45, 7) is 1.64. The molecular weight excluding hydrogens is 148 g/mol. The third-order valence-corrected chi connectivity index (χ3v) is 1.70. The van der Waals surface area contributed by atoms with Gasteiger partial charge in [-0.05, 0) is 12.5 Å². The molecule has 0 heterocycles. The van der Waals surface area contributed by atoms with E-state index in [0.29, 0.717) is 6.42 Å². The van der Waals surface area contributed by atoms with Gasteiger partial charge < -0.3 is 5.11 Å². The highest BCUT2D eigenvalue weighted by molar-refractivity contribution is 5.20. The lowest BCUT2D eigenvalue weighted by Crippen LogP contribution is -2.24. The Balaban J connectivity index is 2.72. The van der Waals surface area contributed by atoms with Crippen LogP contribution in [0, 0.1) is 12.3 Å². The first-order valence-electron chi connectivity index (χ1n) is 3.88. The summed E-state index contributed by atoms with van der Waals surface area (Å²) in [6, 6.07) is 9.70. The molecule has 1 aromatic rings. The van der Waals surface area contributed by atoms with Crippen molar-refractivity contribution in [1.29, 1.82) is 0 Å². The molecule has 0 fully saturated rings. The molecule has 0 aromatic heterocycles. The van der Waals surface area contributed by atoms with Crippen LogP contribution in [0.5, 0.6) is 0 Å². The normalized spacial score (nSPS) is 14.8. The fourth-order valence-electron chi connectivity index (χ4n) is 1.04. The van der Waals surface area contributed by atoms with E-state index in [9.17, 15) is 5.11 Å². The van der Waals surface area contributed by atoms with Gasteiger partial charge in [-0.15, -0.1) is 6.42 Å². The predicted molar refractivity (Wildman–Crippen MR) is 49.6 cm³/mol. The molecule has 0 bridgehead atoms. The van der Waals surface area contributed by atoms with Crippen LogP contribution in [0.2, 0.25) is 0 Å². The SMILES string of the molecule is C#CC(C)(O)Cc1ccccc1. The first-order chi connectivity index (χ1) is 5.64. The average molecular weight is 160 g/mol. The number of hydrogen-bond acceptors (Lipinski definition) is 1. The van der Waals surface area contributed by atoms with E-state index < -0.39 is 5.60 Å². The van der Waals surface area contributed by atoms with Gasteiger partial charge in [-0.1, -0.05) is 36.3 Å². The number of hydrogen-bond donors (Lipinski definition) is 1. The molecule has 1 rings (SSSR count). The first-order valence-corrected chi connectivity index (χ1v) is 3.88. The van der Waals surface area contributed by atoms with Gasteiger partial charge in [0.2, 0.25) is 0 Å². The molecule has 0 saturated carbocycles. The van der Waals surface area contributed by atoms with E-state index in [1.165, 1.54) is 0 Å². The minimum absolute atomic E-state index is 0.504. The fourth-order valence-corrected chi connectivity index (χ4v) is 1.04. The van der Waals surface area contributed by atoms with Crippen LogP contribution in [0.3, 0.4) is 0 Å². The van der Waals surface area contributed by atoms with Crippen LogP contribution in [0.1, 0.15) is 12.5 Å². The highest BCUT2D eigenvalue weighted by Crippen LogP contribution is 2.11. The molecule has 0 aliphatic carbocycles. The van der Waals surface area contributed by atoms with Crippen LogP contribution in [0.15, 0.2) is 30.3 Å². The monoisotopic (exact) mass is 160 g/mol. The Kier molecular flexibility index (Phi) is 2.52. The van der Waals surface area contributed by atoms with Crippen molar-refractivity contribution in [3.05, 3.63) is 35.9 Å². The first kappa shape index (κ1) is 8.83. The average Bonchev–Trinajstić information content (AvgIpc) is 2.06. The van der Waals surface area contributed by atoms with E-state index in [-0.39, 0.29) is 0 Å². The Morgan fingerprint density at radius 2 is 2.00 bits per heavy atom. The maximum Gasteiger partial charge on any atom is 0.126 e. The minimum Gasteiger partial charge on any atom is -0.378 e. The third kappa shape index (κ3) is 2.41. The van der Waals surface area contributed by atoms with Crippen molar-refractivity contribution in [3.63, 3.8) is 0 Å². The van der Waals surface area contributed by atoms with Gasteiger partial charge in [-0.25, -0.2) is 0 Å². The molecule has 1 N–H and O–H groups in total. The molecule has 1 heteroatoms. The summed E-state index contributed by atoms with van der Waals surface area (Å²) in [4.78, 5) is 0. The van der Waals surface area contributed by atoms with Gasteiger partial charge in [0.1, 0.15) is 5.60 Å². The second-order valence-corrected chi connectivity index (χ2v) is 3.08. The molecule has 62 valence electrons. The highest BCUT2D eigenvalue weighted by atomic mass is 16.3. The largest absolute Gasteiger partial charge is 0.378 e. The maximum absolute atomic E-state index is 9.54. The van der Waals surface area contributed by atoms with Gasteiger partial charge in [0, 0.05) is 6.42 Å². The number of rotatable bonds is 2. The van der Waals surface area contributed by atoms with Gasteiger partial charge >= 0.3 is 0 Å². The lowest BCUT2D eigenvalue weighted by Gasteiger charge is -2.15. The summed E-state index contributed by atoms with van der Waals surface area (Å²) in [5.41, 5.74) is 0.0295. The van der Waals surface area contributed by atoms with Crippen molar-refractivity contribution in [2.24, 2.45) is 0 Å². The van der Waals surface area contributed by atoms with Gasteiger partial charge in [0.05, 0.1) is 0 Å². The van der Waals surface area contributed by atoms with Crippen molar-refractivity contribution >= 4 is 0 Å². The van der Waals surface area contributed by atoms with Crippen molar-refractivity contribution in [3.8, 4) is 12.3 Å². The van der Waals surface area contributed by atoms with Gasteiger partial charge in [-0.3, -0.25) is 0 Å². The summed E-state index contributed by atoms with van der Waals surface area (Å²) in [6.07, 6.45) is 5.66. The molecule has 12 heavy (non-hydrogen) atoms. The number of aliphatic hydroxyl groups is 1. The number of terminal acetylenes is 1. The zero-order valence-electron chi connectivity index (χ0n) is 7.12. The summed E-state index contributed by atoms with van der Waals surface area (Å²) < 4.78 is 0. The minimum atomic E-state index is -1.03. The van der Waals surface area contributed by atoms with Crippen LogP contribution in [0.4, 0.5) is 0 Å². The molecule has 1 atom stereocenters. The summed E-state index contributed by atoms with van der Waals surface area (Å²) in [5, 5.41) is 9.54. The Bertz CT molecular complexity index is 280. The lowest BCUT2D eigenvalue weighted by atomic mass is 9.98. The zero-order valence-corrected chi connectivity index (χ0v) is 7.12. The molecule has 0 amide bonds. The third-order valence-electron chi connectivity index (χ3n) is 1.70. The second-order valence-electron chi connectivity index (χ2n) is 3.08. The smallest absolute Gasteiger partial charge is 0.126 e. The Labute approximate surface area is 73.0 Å². The van der Waals surface area contributed by atoms with E-state index in [1.54, 1.807) is 6.92 Å². The van der Waals surface area contributed by atoms with Crippen molar-refractivity contribution in [2.75, 3.05) is 0 Å². The van der Waals surface area contributed by atoms with Gasteiger partial charge in [0.25, 0.3) is 0 Å². The fraction of sp³-hybridized carbons (Fsp3) is 0.273. The standard InChI is InChI=1S/C11H12O/c1-3-11(2,12)9-10-7-5-4-6-8-10/h1,4-8,12H,9H2,2H3. The molecule has 0 aliphatic heterocycles.